The number of benzene rings is 2. The van der Waals surface area contributed by atoms with Crippen molar-refractivity contribution in [3.05, 3.63) is 48.0 Å². The van der Waals surface area contributed by atoms with Crippen LogP contribution in [0.5, 0.6) is 5.75 Å². The molecule has 0 amide bonds. The molecule has 0 atom stereocenters. The summed E-state index contributed by atoms with van der Waals surface area (Å²) >= 11 is 0. The molecule has 2 fully saturated rings. The molecular weight excluding hydrogens is 576 g/mol. The molecule has 0 aliphatic carbocycles. The van der Waals surface area contributed by atoms with E-state index in [1.165, 1.54) is 12.8 Å². The Bertz CT molecular complexity index is 1580. The van der Waals surface area contributed by atoms with Crippen molar-refractivity contribution in [2.24, 2.45) is 0 Å². The van der Waals surface area contributed by atoms with Crippen LogP contribution in [0.1, 0.15) is 32.3 Å². The van der Waals surface area contributed by atoms with Gasteiger partial charge < -0.3 is 30.5 Å². The van der Waals surface area contributed by atoms with Gasteiger partial charge in [-0.2, -0.15) is 9.97 Å². The largest absolute Gasteiger partial charge is 0.494 e. The zero-order chi connectivity index (χ0) is 30.8. The maximum Gasteiger partial charge on any atom is 0.231 e. The number of hydrogen-bond donors (Lipinski definition) is 3. The first-order chi connectivity index (χ1) is 21.2. The highest BCUT2D eigenvalue weighted by Crippen LogP contribution is 2.36. The Morgan fingerprint density at radius 2 is 1.70 bits per heavy atom. The molecule has 0 radical (unpaired) electrons. The van der Waals surface area contributed by atoms with E-state index in [-0.39, 0.29) is 4.90 Å². The summed E-state index contributed by atoms with van der Waals surface area (Å²) in [6.45, 7) is 10.8. The number of hydrogen-bond acceptors (Lipinski definition) is 11. The Labute approximate surface area is 260 Å². The quantitative estimate of drug-likeness (QED) is 0.317. The van der Waals surface area contributed by atoms with Crippen LogP contribution in [-0.4, -0.2) is 99.4 Å². The van der Waals surface area contributed by atoms with Crippen LogP contribution in [-0.2, 0) is 16.3 Å². The summed E-state index contributed by atoms with van der Waals surface area (Å²) in [5.74, 6) is 2.41. The molecule has 0 spiro atoms. The van der Waals surface area contributed by atoms with Crippen molar-refractivity contribution in [2.75, 3.05) is 80.8 Å². The van der Waals surface area contributed by atoms with E-state index in [0.29, 0.717) is 29.2 Å². The van der Waals surface area contributed by atoms with Crippen LogP contribution < -0.4 is 25.6 Å². The van der Waals surface area contributed by atoms with E-state index < -0.39 is 15.1 Å². The number of anilines is 6. The number of sulfone groups is 1. The lowest BCUT2D eigenvalue weighted by atomic mass is 10.0. The summed E-state index contributed by atoms with van der Waals surface area (Å²) in [6, 6.07) is 13.9. The first-order valence-electron chi connectivity index (χ1n) is 15.6. The summed E-state index contributed by atoms with van der Waals surface area (Å²) in [7, 11) is 0.385. The molecule has 0 bridgehead atoms. The highest BCUT2D eigenvalue weighted by molar-refractivity contribution is 7.92. The van der Waals surface area contributed by atoms with Gasteiger partial charge in [-0.1, -0.05) is 12.1 Å². The highest BCUT2D eigenvalue weighted by Gasteiger charge is 2.28. The molecule has 4 heterocycles. The van der Waals surface area contributed by atoms with E-state index >= 15 is 0 Å². The Kier molecular flexibility index (Phi) is 8.84. The molecule has 3 aliphatic rings. The van der Waals surface area contributed by atoms with Crippen molar-refractivity contribution >= 4 is 44.5 Å². The minimum absolute atomic E-state index is 0.257. The van der Waals surface area contributed by atoms with Crippen LogP contribution in [0.25, 0.3) is 0 Å². The molecule has 2 saturated heterocycles. The summed E-state index contributed by atoms with van der Waals surface area (Å²) in [6.07, 6.45) is 3.07. The van der Waals surface area contributed by atoms with Gasteiger partial charge in [0, 0.05) is 69.2 Å². The number of nitrogens with zero attached hydrogens (tertiary/aromatic N) is 5. The van der Waals surface area contributed by atoms with Gasteiger partial charge in [-0.05, 0) is 64.4 Å². The minimum Gasteiger partial charge on any atom is -0.494 e. The lowest BCUT2D eigenvalue weighted by molar-refractivity contribution is 0.0982. The molecule has 236 valence electrons. The summed E-state index contributed by atoms with van der Waals surface area (Å²) in [5.41, 5.74) is 3.33. The number of rotatable bonds is 9. The normalized spacial score (nSPS) is 18.2. The standard InChI is InChI=1S/C32H44N8O3S/c1-22(2)44(41,42)29-8-6-5-7-27(29)34-31-25-11-14-33-30(25)36-32(37-31)35-26-10-9-24(21-28(26)43-4)39-15-12-23(13-16-39)40-19-17-38(3)18-20-40/h5-10,21-23H,11-20H2,1-4H3,(H3,33,34,35,36,37). The Morgan fingerprint density at radius 1 is 0.955 bits per heavy atom. The number of aromatic nitrogens is 2. The fourth-order valence-electron chi connectivity index (χ4n) is 6.31. The molecule has 0 saturated carbocycles. The fraction of sp³-hybridized carbons (Fsp3) is 0.500. The molecule has 12 heteroatoms. The van der Waals surface area contributed by atoms with Gasteiger partial charge in [0.05, 0.1) is 28.6 Å². The summed E-state index contributed by atoms with van der Waals surface area (Å²) in [5, 5.41) is 9.46. The van der Waals surface area contributed by atoms with Crippen LogP contribution in [0.4, 0.5) is 34.6 Å². The first kappa shape index (κ1) is 30.4. The molecule has 11 nitrogen and oxygen atoms in total. The number of methoxy groups -OCH3 is 1. The van der Waals surface area contributed by atoms with Crippen LogP contribution >= 0.6 is 0 Å². The van der Waals surface area contributed by atoms with Gasteiger partial charge in [-0.25, -0.2) is 8.42 Å². The second kappa shape index (κ2) is 12.8. The van der Waals surface area contributed by atoms with Crippen molar-refractivity contribution in [3.8, 4) is 5.75 Å². The predicted octanol–water partition coefficient (Wildman–Crippen LogP) is 4.34. The SMILES string of the molecule is COc1cc(N2CCC(N3CCN(C)CC3)CC2)ccc1Nc1nc2c(c(Nc3ccccc3S(=O)(=O)C(C)C)n1)CCN2. The molecule has 0 unspecified atom stereocenters. The van der Waals surface area contributed by atoms with Gasteiger partial charge >= 0.3 is 0 Å². The third-order valence-corrected chi connectivity index (χ3v) is 11.3. The lowest BCUT2D eigenvalue weighted by Gasteiger charge is -2.42. The number of nitrogens with one attached hydrogen (secondary N) is 3. The van der Waals surface area contributed by atoms with E-state index in [1.54, 1.807) is 39.2 Å². The number of piperidine rings is 1. The van der Waals surface area contributed by atoms with E-state index in [9.17, 15) is 8.42 Å². The van der Waals surface area contributed by atoms with Crippen LogP contribution in [0.3, 0.4) is 0 Å². The third-order valence-electron chi connectivity index (χ3n) is 9.06. The zero-order valence-corrected chi connectivity index (χ0v) is 27.0. The Hall–Kier alpha value is -3.61. The van der Waals surface area contributed by atoms with Gasteiger partial charge in [-0.15, -0.1) is 0 Å². The minimum atomic E-state index is -3.50. The van der Waals surface area contributed by atoms with E-state index in [4.69, 9.17) is 14.7 Å². The summed E-state index contributed by atoms with van der Waals surface area (Å²) in [4.78, 5) is 17.3. The average Bonchev–Trinajstić information content (AvgIpc) is 3.51. The molecule has 6 rings (SSSR count). The second-order valence-electron chi connectivity index (χ2n) is 12.2. The number of para-hydroxylation sites is 1. The molecular formula is C32H44N8O3S. The van der Waals surface area contributed by atoms with Crippen molar-refractivity contribution in [3.63, 3.8) is 0 Å². The smallest absolute Gasteiger partial charge is 0.231 e. The van der Waals surface area contributed by atoms with Crippen molar-refractivity contribution in [1.29, 1.82) is 0 Å². The van der Waals surface area contributed by atoms with Gasteiger partial charge in [0.2, 0.25) is 5.95 Å². The van der Waals surface area contributed by atoms with E-state index in [1.807, 2.05) is 12.1 Å². The summed E-state index contributed by atoms with van der Waals surface area (Å²) < 4.78 is 32.0. The molecule has 44 heavy (non-hydrogen) atoms. The zero-order valence-electron chi connectivity index (χ0n) is 26.1. The molecule has 2 aromatic carbocycles. The lowest BCUT2D eigenvalue weighted by Crippen LogP contribution is -2.52. The van der Waals surface area contributed by atoms with Crippen molar-refractivity contribution in [1.82, 2.24) is 19.8 Å². The first-order valence-corrected chi connectivity index (χ1v) is 17.1. The number of ether oxygens (including phenoxy) is 1. The molecule has 3 N–H and O–H groups in total. The van der Waals surface area contributed by atoms with Crippen molar-refractivity contribution < 1.29 is 13.2 Å². The van der Waals surface area contributed by atoms with Gasteiger partial charge in [0.1, 0.15) is 17.4 Å². The third kappa shape index (κ3) is 6.29. The van der Waals surface area contributed by atoms with Crippen LogP contribution in [0, 0.1) is 0 Å². The fourth-order valence-corrected chi connectivity index (χ4v) is 7.51. The van der Waals surface area contributed by atoms with Crippen LogP contribution in [0.15, 0.2) is 47.4 Å². The number of likely N-dealkylation sites (N-methyl/N-ethyl adjacent to an activating group) is 1. The Morgan fingerprint density at radius 3 is 2.43 bits per heavy atom. The molecule has 1 aromatic heterocycles. The monoisotopic (exact) mass is 620 g/mol. The van der Waals surface area contributed by atoms with Gasteiger partial charge in [-0.3, -0.25) is 4.90 Å². The molecule has 3 aromatic rings. The van der Waals surface area contributed by atoms with Crippen LogP contribution in [0.2, 0.25) is 0 Å². The van der Waals surface area contributed by atoms with E-state index in [0.717, 1.165) is 75.0 Å². The molecule has 3 aliphatic heterocycles. The van der Waals surface area contributed by atoms with E-state index in [2.05, 4.69) is 49.8 Å². The van der Waals surface area contributed by atoms with Gasteiger partial charge in [0.15, 0.2) is 9.84 Å². The predicted molar refractivity (Wildman–Crippen MR) is 177 cm³/mol. The maximum absolute atomic E-state index is 13.1. The average molecular weight is 621 g/mol. The number of piperazine rings is 1. The maximum atomic E-state index is 13.1. The van der Waals surface area contributed by atoms with Crippen molar-refractivity contribution in [2.45, 2.75) is 49.3 Å². The second-order valence-corrected chi connectivity index (χ2v) is 14.7. The topological polar surface area (TPSA) is 115 Å². The Balaban J connectivity index is 1.19. The number of fused-ring (bicyclic) bond motifs is 1. The van der Waals surface area contributed by atoms with Gasteiger partial charge in [0.25, 0.3) is 0 Å². The highest BCUT2D eigenvalue weighted by atomic mass is 32.2.